The van der Waals surface area contributed by atoms with E-state index >= 15 is 0 Å². The smallest absolute Gasteiger partial charge is 0.316 e. The third-order valence-electron chi connectivity index (χ3n) is 6.96. The molecule has 0 unspecified atom stereocenters. The molecule has 2 aromatic carbocycles. The van der Waals surface area contributed by atoms with Crippen molar-refractivity contribution in [3.63, 3.8) is 0 Å². The van der Waals surface area contributed by atoms with E-state index in [1.54, 1.807) is 29.2 Å². The molecular formula is C26H26N2O5. The van der Waals surface area contributed by atoms with Crippen LogP contribution in [0.2, 0.25) is 0 Å². The number of nitrogens with zero attached hydrogens (tertiary/aromatic N) is 2. The van der Waals surface area contributed by atoms with E-state index in [2.05, 4.69) is 0 Å². The summed E-state index contributed by atoms with van der Waals surface area (Å²) in [5, 5.41) is 0. The molecule has 3 aliphatic rings. The van der Waals surface area contributed by atoms with Crippen molar-refractivity contribution in [3.05, 3.63) is 54.1 Å². The van der Waals surface area contributed by atoms with Crippen LogP contribution in [-0.4, -0.2) is 30.2 Å². The highest BCUT2D eigenvalue weighted by Gasteiger charge is 2.48. The van der Waals surface area contributed by atoms with Crippen molar-refractivity contribution in [1.29, 1.82) is 0 Å². The number of hydrogen-bond acceptors (Lipinski definition) is 5. The van der Waals surface area contributed by atoms with Crippen LogP contribution in [0, 0.1) is 24.7 Å². The Hall–Kier alpha value is -3.48. The van der Waals surface area contributed by atoms with Crippen molar-refractivity contribution in [3.8, 4) is 5.75 Å². The number of imide groups is 1. The second-order valence-electron chi connectivity index (χ2n) is 9.17. The van der Waals surface area contributed by atoms with E-state index in [-0.39, 0.29) is 42.5 Å². The first kappa shape index (κ1) is 21.4. The van der Waals surface area contributed by atoms with Crippen LogP contribution in [0.1, 0.15) is 37.7 Å². The fourth-order valence-corrected chi connectivity index (χ4v) is 5.12. The summed E-state index contributed by atoms with van der Waals surface area (Å²) in [7, 11) is 0. The molecule has 1 saturated carbocycles. The fraction of sp³-hybridized carbons (Fsp3) is 0.385. The van der Waals surface area contributed by atoms with Crippen molar-refractivity contribution < 1.29 is 23.9 Å². The minimum Gasteiger partial charge on any atom is -0.426 e. The van der Waals surface area contributed by atoms with E-state index in [0.29, 0.717) is 11.4 Å². The monoisotopic (exact) mass is 446 g/mol. The fourth-order valence-electron chi connectivity index (χ4n) is 5.12. The summed E-state index contributed by atoms with van der Waals surface area (Å²) in [5.41, 5.74) is 2.37. The molecule has 2 aromatic rings. The van der Waals surface area contributed by atoms with E-state index in [1.165, 1.54) is 4.90 Å². The molecule has 2 aliphatic heterocycles. The molecule has 1 aliphatic carbocycles. The molecule has 3 fully saturated rings. The molecule has 7 nitrogen and oxygen atoms in total. The summed E-state index contributed by atoms with van der Waals surface area (Å²) in [6.07, 6.45) is 3.59. The van der Waals surface area contributed by atoms with Gasteiger partial charge in [0.1, 0.15) is 5.75 Å². The molecule has 2 heterocycles. The highest BCUT2D eigenvalue weighted by Crippen LogP contribution is 2.40. The lowest BCUT2D eigenvalue weighted by atomic mass is 9.81. The van der Waals surface area contributed by atoms with Crippen LogP contribution in [0.5, 0.6) is 5.75 Å². The van der Waals surface area contributed by atoms with Crippen LogP contribution >= 0.6 is 0 Å². The van der Waals surface area contributed by atoms with Crippen molar-refractivity contribution in [1.82, 2.24) is 0 Å². The third-order valence-corrected chi connectivity index (χ3v) is 6.96. The Morgan fingerprint density at radius 1 is 0.848 bits per heavy atom. The van der Waals surface area contributed by atoms with E-state index in [1.807, 2.05) is 31.2 Å². The molecular weight excluding hydrogens is 420 g/mol. The molecule has 0 aromatic heterocycles. The topological polar surface area (TPSA) is 84.0 Å². The number of aryl methyl sites for hydroxylation is 1. The number of anilines is 2. The number of carbonyl (C=O) groups excluding carboxylic acids is 4. The number of ether oxygens (including phenoxy) is 1. The standard InChI is InChI=1S/C26H26N2O5/c1-16-6-8-18(9-7-16)27-15-17(14-23(27)29)26(32)33-20-12-10-19(11-13-20)28-24(30)21-4-2-3-5-22(21)25(28)31/h6-13,17,21-22H,2-5,14-15H2,1H3/t17-,21-,22-/m1/s1. The zero-order valence-electron chi connectivity index (χ0n) is 18.5. The number of benzene rings is 2. The molecule has 2 saturated heterocycles. The second kappa shape index (κ2) is 8.46. The normalized spacial score (nSPS) is 24.9. The summed E-state index contributed by atoms with van der Waals surface area (Å²) in [6.45, 7) is 2.25. The molecule has 3 amide bonds. The van der Waals surface area contributed by atoms with Gasteiger partial charge in [-0.05, 0) is 56.2 Å². The minimum atomic E-state index is -0.552. The predicted molar refractivity (Wildman–Crippen MR) is 122 cm³/mol. The number of rotatable bonds is 4. The Morgan fingerprint density at radius 2 is 1.42 bits per heavy atom. The minimum absolute atomic E-state index is 0.102. The molecule has 0 radical (unpaired) electrons. The van der Waals surface area contributed by atoms with Crippen LogP contribution in [0.15, 0.2) is 48.5 Å². The lowest BCUT2D eigenvalue weighted by Gasteiger charge is -2.19. The molecule has 3 atom stereocenters. The SMILES string of the molecule is Cc1ccc(N2C[C@H](C(=O)Oc3ccc(N4C(=O)[C@@H]5CCCC[C@H]5C4=O)cc3)CC2=O)cc1. The van der Waals surface area contributed by atoms with E-state index in [0.717, 1.165) is 36.9 Å². The van der Waals surface area contributed by atoms with Crippen LogP contribution < -0.4 is 14.5 Å². The maximum absolute atomic E-state index is 12.8. The Morgan fingerprint density at radius 3 is 2.03 bits per heavy atom. The maximum Gasteiger partial charge on any atom is 0.316 e. The molecule has 0 spiro atoms. The van der Waals surface area contributed by atoms with Crippen molar-refractivity contribution in [2.45, 2.75) is 39.0 Å². The van der Waals surface area contributed by atoms with Crippen molar-refractivity contribution in [2.75, 3.05) is 16.3 Å². The molecule has 0 N–H and O–H groups in total. The number of esters is 1. The first-order valence-corrected chi connectivity index (χ1v) is 11.5. The zero-order chi connectivity index (χ0) is 23.1. The van der Waals surface area contributed by atoms with Crippen LogP contribution in [0.4, 0.5) is 11.4 Å². The average Bonchev–Trinajstić information content (AvgIpc) is 3.33. The zero-order valence-corrected chi connectivity index (χ0v) is 18.5. The summed E-state index contributed by atoms with van der Waals surface area (Å²) >= 11 is 0. The highest BCUT2D eigenvalue weighted by molar-refractivity contribution is 6.22. The Bertz CT molecular complexity index is 1080. The number of fused-ring (bicyclic) bond motifs is 1. The highest BCUT2D eigenvalue weighted by atomic mass is 16.5. The first-order chi connectivity index (χ1) is 15.9. The Labute approximate surface area is 192 Å². The lowest BCUT2D eigenvalue weighted by Crippen LogP contribution is -2.30. The summed E-state index contributed by atoms with van der Waals surface area (Å²) in [6, 6.07) is 14.0. The van der Waals surface area contributed by atoms with Gasteiger partial charge in [-0.25, -0.2) is 0 Å². The quantitative estimate of drug-likeness (QED) is 0.407. The predicted octanol–water partition coefficient (Wildman–Crippen LogP) is 3.63. The lowest BCUT2D eigenvalue weighted by molar-refractivity contribution is -0.139. The van der Waals surface area contributed by atoms with Gasteiger partial charge < -0.3 is 9.64 Å². The van der Waals surface area contributed by atoms with Gasteiger partial charge in [0.05, 0.1) is 23.4 Å². The van der Waals surface area contributed by atoms with Gasteiger partial charge in [-0.1, -0.05) is 30.5 Å². The van der Waals surface area contributed by atoms with Gasteiger partial charge in [-0.2, -0.15) is 0 Å². The van der Waals surface area contributed by atoms with Crippen molar-refractivity contribution in [2.24, 2.45) is 17.8 Å². The molecule has 170 valence electrons. The number of amides is 3. The molecule has 5 rings (SSSR count). The molecule has 0 bridgehead atoms. The third kappa shape index (κ3) is 3.92. The van der Waals surface area contributed by atoms with Gasteiger partial charge in [0.25, 0.3) is 0 Å². The Balaban J connectivity index is 1.24. The second-order valence-corrected chi connectivity index (χ2v) is 9.17. The van der Waals surface area contributed by atoms with Gasteiger partial charge in [0, 0.05) is 18.7 Å². The molecule has 7 heteroatoms. The van der Waals surface area contributed by atoms with Crippen LogP contribution in [0.3, 0.4) is 0 Å². The summed E-state index contributed by atoms with van der Waals surface area (Å²) in [4.78, 5) is 53.5. The Kier molecular flexibility index (Phi) is 5.48. The molecule has 33 heavy (non-hydrogen) atoms. The van der Waals surface area contributed by atoms with Gasteiger partial charge in [0.2, 0.25) is 17.7 Å². The van der Waals surface area contributed by atoms with Crippen LogP contribution in [-0.2, 0) is 19.2 Å². The van der Waals surface area contributed by atoms with Gasteiger partial charge in [-0.15, -0.1) is 0 Å². The summed E-state index contributed by atoms with van der Waals surface area (Å²) < 4.78 is 5.51. The van der Waals surface area contributed by atoms with Gasteiger partial charge in [0.15, 0.2) is 0 Å². The van der Waals surface area contributed by atoms with Gasteiger partial charge >= 0.3 is 5.97 Å². The van der Waals surface area contributed by atoms with E-state index < -0.39 is 11.9 Å². The first-order valence-electron chi connectivity index (χ1n) is 11.5. The average molecular weight is 447 g/mol. The van der Waals surface area contributed by atoms with E-state index in [9.17, 15) is 19.2 Å². The van der Waals surface area contributed by atoms with Gasteiger partial charge in [-0.3, -0.25) is 24.1 Å². The van der Waals surface area contributed by atoms with Crippen LogP contribution in [0.25, 0.3) is 0 Å². The largest absolute Gasteiger partial charge is 0.426 e. The number of carbonyl (C=O) groups is 4. The van der Waals surface area contributed by atoms with E-state index in [4.69, 9.17) is 4.74 Å². The van der Waals surface area contributed by atoms with Crippen molar-refractivity contribution >= 4 is 35.1 Å². The maximum atomic E-state index is 12.8. The summed E-state index contributed by atoms with van der Waals surface area (Å²) in [5.74, 6) is -1.48. The number of hydrogen-bond donors (Lipinski definition) is 0.